The summed E-state index contributed by atoms with van der Waals surface area (Å²) in [5.41, 5.74) is 0. The van der Waals surface area contributed by atoms with Gasteiger partial charge in [-0.15, -0.1) is 0 Å². The minimum Gasteiger partial charge on any atom is -0.394 e. The van der Waals surface area contributed by atoms with Gasteiger partial charge in [0.05, 0.1) is 6.61 Å². The molecule has 0 saturated carbocycles. The van der Waals surface area contributed by atoms with Crippen LogP contribution in [-0.2, 0) is 9.47 Å². The summed E-state index contributed by atoms with van der Waals surface area (Å²) in [6, 6.07) is 0. The lowest BCUT2D eigenvalue weighted by Gasteiger charge is -2.39. The highest BCUT2D eigenvalue weighted by molar-refractivity contribution is 4.88. The molecule has 1 saturated heterocycles. The van der Waals surface area contributed by atoms with Crippen molar-refractivity contribution in [3.63, 3.8) is 0 Å². The standard InChI is InChI=1S/C11H22O6/c1-2-3-4-5-16-11-10(15)9(14)8(13)7(6-12)17-11/h7-15H,2-6H2,1H3/t7-,8+,9-,10+,11?/m1/s1. The van der Waals surface area contributed by atoms with E-state index >= 15 is 0 Å². The van der Waals surface area contributed by atoms with Crippen molar-refractivity contribution in [3.8, 4) is 0 Å². The smallest absolute Gasteiger partial charge is 0.186 e. The maximum absolute atomic E-state index is 9.64. The molecule has 0 bridgehead atoms. The zero-order valence-corrected chi connectivity index (χ0v) is 10.0. The van der Waals surface area contributed by atoms with Gasteiger partial charge in [-0.1, -0.05) is 19.8 Å². The van der Waals surface area contributed by atoms with E-state index in [0.717, 1.165) is 19.3 Å². The Labute approximate surface area is 101 Å². The fraction of sp³-hybridized carbons (Fsp3) is 1.00. The van der Waals surface area contributed by atoms with Crippen molar-refractivity contribution in [2.24, 2.45) is 0 Å². The summed E-state index contributed by atoms with van der Waals surface area (Å²) in [5.74, 6) is 0. The molecule has 1 rings (SSSR count). The van der Waals surface area contributed by atoms with Gasteiger partial charge in [0.1, 0.15) is 24.4 Å². The van der Waals surface area contributed by atoms with Gasteiger partial charge in [0, 0.05) is 6.61 Å². The molecule has 1 heterocycles. The van der Waals surface area contributed by atoms with Gasteiger partial charge in [0.25, 0.3) is 0 Å². The zero-order valence-electron chi connectivity index (χ0n) is 10.0. The fourth-order valence-corrected chi connectivity index (χ4v) is 1.76. The molecule has 0 amide bonds. The van der Waals surface area contributed by atoms with Crippen molar-refractivity contribution >= 4 is 0 Å². The third-order valence-electron chi connectivity index (χ3n) is 2.88. The zero-order chi connectivity index (χ0) is 12.8. The molecule has 0 spiro atoms. The van der Waals surface area contributed by atoms with E-state index in [-0.39, 0.29) is 0 Å². The van der Waals surface area contributed by atoms with Gasteiger partial charge in [-0.25, -0.2) is 0 Å². The highest BCUT2D eigenvalue weighted by Gasteiger charge is 2.43. The summed E-state index contributed by atoms with van der Waals surface area (Å²) in [6.45, 7) is 2.05. The molecule has 0 aromatic rings. The average Bonchev–Trinajstić information content (AvgIpc) is 2.34. The molecule has 1 aliphatic heterocycles. The molecule has 102 valence electrons. The quantitative estimate of drug-likeness (QED) is 0.451. The number of ether oxygens (including phenoxy) is 2. The number of hydrogen-bond donors (Lipinski definition) is 4. The molecular formula is C11H22O6. The van der Waals surface area contributed by atoms with Crippen LogP contribution in [0.25, 0.3) is 0 Å². The highest BCUT2D eigenvalue weighted by atomic mass is 16.7. The lowest BCUT2D eigenvalue weighted by Crippen LogP contribution is -2.59. The van der Waals surface area contributed by atoms with Crippen molar-refractivity contribution in [2.45, 2.75) is 56.9 Å². The van der Waals surface area contributed by atoms with Crippen molar-refractivity contribution in [3.05, 3.63) is 0 Å². The molecule has 1 fully saturated rings. The van der Waals surface area contributed by atoms with Crippen molar-refractivity contribution < 1.29 is 29.9 Å². The first-order valence-electron chi connectivity index (χ1n) is 6.04. The third kappa shape index (κ3) is 3.87. The molecule has 6 nitrogen and oxygen atoms in total. The Hall–Kier alpha value is -0.240. The second-order valence-electron chi connectivity index (χ2n) is 4.28. The number of aliphatic hydroxyl groups excluding tert-OH is 4. The summed E-state index contributed by atoms with van der Waals surface area (Å²) in [4.78, 5) is 0. The van der Waals surface area contributed by atoms with Crippen molar-refractivity contribution in [2.75, 3.05) is 13.2 Å². The lowest BCUT2D eigenvalue weighted by molar-refractivity contribution is -0.301. The van der Waals surface area contributed by atoms with Gasteiger partial charge in [-0.05, 0) is 6.42 Å². The van der Waals surface area contributed by atoms with Crippen LogP contribution in [-0.4, -0.2) is 64.3 Å². The summed E-state index contributed by atoms with van der Waals surface area (Å²) in [5, 5.41) is 37.6. The topological polar surface area (TPSA) is 99.4 Å². The van der Waals surface area contributed by atoms with Crippen LogP contribution in [0.4, 0.5) is 0 Å². The maximum atomic E-state index is 9.64. The molecule has 5 atom stereocenters. The lowest BCUT2D eigenvalue weighted by atomic mass is 9.99. The van der Waals surface area contributed by atoms with Crippen LogP contribution in [0.2, 0.25) is 0 Å². The molecule has 17 heavy (non-hydrogen) atoms. The number of hydrogen-bond acceptors (Lipinski definition) is 6. The second kappa shape index (κ2) is 7.25. The van der Waals surface area contributed by atoms with E-state index in [9.17, 15) is 15.3 Å². The van der Waals surface area contributed by atoms with Gasteiger partial charge in [-0.2, -0.15) is 0 Å². The van der Waals surface area contributed by atoms with Crippen LogP contribution in [0.1, 0.15) is 26.2 Å². The minimum absolute atomic E-state index is 0.413. The first kappa shape index (κ1) is 14.8. The monoisotopic (exact) mass is 250 g/mol. The Kier molecular flexibility index (Phi) is 6.32. The molecule has 1 aliphatic rings. The Balaban J connectivity index is 2.42. The maximum Gasteiger partial charge on any atom is 0.186 e. The first-order chi connectivity index (χ1) is 8.11. The van der Waals surface area contributed by atoms with E-state index < -0.39 is 37.3 Å². The SMILES string of the molecule is CCCCCOC1O[C@H](CO)[C@H](O)[C@@H](O)[C@@H]1O. The molecule has 0 aliphatic carbocycles. The fourth-order valence-electron chi connectivity index (χ4n) is 1.76. The average molecular weight is 250 g/mol. The highest BCUT2D eigenvalue weighted by Crippen LogP contribution is 2.22. The van der Waals surface area contributed by atoms with Crippen molar-refractivity contribution in [1.82, 2.24) is 0 Å². The van der Waals surface area contributed by atoms with Gasteiger partial charge in [0.15, 0.2) is 6.29 Å². The van der Waals surface area contributed by atoms with Gasteiger partial charge < -0.3 is 29.9 Å². The normalized spacial score (nSPS) is 38.3. The third-order valence-corrected chi connectivity index (χ3v) is 2.88. The largest absolute Gasteiger partial charge is 0.394 e. The van der Waals surface area contributed by atoms with Gasteiger partial charge >= 0.3 is 0 Å². The summed E-state index contributed by atoms with van der Waals surface area (Å²) >= 11 is 0. The Bertz CT molecular complexity index is 210. The number of aliphatic hydroxyl groups is 4. The van der Waals surface area contributed by atoms with Crippen LogP contribution in [0.5, 0.6) is 0 Å². The predicted octanol–water partition coefficient (Wildman–Crippen LogP) is -1.01. The summed E-state index contributed by atoms with van der Waals surface area (Å²) in [7, 11) is 0. The van der Waals surface area contributed by atoms with Crippen LogP contribution in [0.15, 0.2) is 0 Å². The summed E-state index contributed by atoms with van der Waals surface area (Å²) in [6.07, 6.45) is -2.98. The molecule has 0 aromatic heterocycles. The molecule has 0 aromatic carbocycles. The molecule has 6 heteroatoms. The van der Waals surface area contributed by atoms with Crippen molar-refractivity contribution in [1.29, 1.82) is 0 Å². The van der Waals surface area contributed by atoms with Crippen LogP contribution < -0.4 is 0 Å². The summed E-state index contributed by atoms with van der Waals surface area (Å²) < 4.78 is 10.5. The van der Waals surface area contributed by atoms with E-state index in [1.807, 2.05) is 0 Å². The Morgan fingerprint density at radius 3 is 2.35 bits per heavy atom. The van der Waals surface area contributed by atoms with Crippen LogP contribution in [0, 0.1) is 0 Å². The Morgan fingerprint density at radius 1 is 1.06 bits per heavy atom. The number of unbranched alkanes of at least 4 members (excludes halogenated alkanes) is 2. The molecule has 4 N–H and O–H groups in total. The van der Waals surface area contributed by atoms with Gasteiger partial charge in [-0.3, -0.25) is 0 Å². The molecular weight excluding hydrogens is 228 g/mol. The van der Waals surface area contributed by atoms with Gasteiger partial charge in [0.2, 0.25) is 0 Å². The first-order valence-corrected chi connectivity index (χ1v) is 6.04. The number of rotatable bonds is 6. The van der Waals surface area contributed by atoms with E-state index in [4.69, 9.17) is 14.6 Å². The van der Waals surface area contributed by atoms with E-state index in [1.54, 1.807) is 0 Å². The van der Waals surface area contributed by atoms with E-state index in [0.29, 0.717) is 6.61 Å². The van der Waals surface area contributed by atoms with E-state index in [2.05, 4.69) is 6.92 Å². The predicted molar refractivity (Wildman–Crippen MR) is 59.2 cm³/mol. The molecule has 0 radical (unpaired) electrons. The minimum atomic E-state index is -1.36. The van der Waals surface area contributed by atoms with Crippen LogP contribution in [0.3, 0.4) is 0 Å². The Morgan fingerprint density at radius 2 is 1.76 bits per heavy atom. The second-order valence-corrected chi connectivity index (χ2v) is 4.28. The van der Waals surface area contributed by atoms with E-state index in [1.165, 1.54) is 0 Å². The molecule has 1 unspecified atom stereocenters. The van der Waals surface area contributed by atoms with Crippen LogP contribution >= 0.6 is 0 Å².